The number of carbonyl (C=O) groups is 1. The number of aromatic nitrogens is 4. The third-order valence-electron chi connectivity index (χ3n) is 4.08. The molecule has 6 nitrogen and oxygen atoms in total. The Labute approximate surface area is 147 Å². The lowest BCUT2D eigenvalue weighted by molar-refractivity contribution is 0.0587. The Bertz CT molecular complexity index is 929. The zero-order valence-corrected chi connectivity index (χ0v) is 15.3. The molecule has 3 rings (SSSR count). The van der Waals surface area contributed by atoms with E-state index in [1.165, 1.54) is 0 Å². The number of aryl methyl sites for hydroxylation is 1. The summed E-state index contributed by atoms with van der Waals surface area (Å²) in [4.78, 5) is 12.5. The third-order valence-corrected chi connectivity index (χ3v) is 4.08. The summed E-state index contributed by atoms with van der Waals surface area (Å²) in [7, 11) is 1.87. The zero-order chi connectivity index (χ0) is 18.4. The topological polar surface area (TPSA) is 72.9 Å². The van der Waals surface area contributed by atoms with E-state index in [2.05, 4.69) is 10.2 Å². The van der Waals surface area contributed by atoms with E-state index in [-0.39, 0.29) is 11.7 Å². The molecule has 0 atom stereocenters. The second-order valence-corrected chi connectivity index (χ2v) is 7.47. The Morgan fingerprint density at radius 2 is 2.00 bits per heavy atom. The quantitative estimate of drug-likeness (QED) is 0.725. The number of Topliss-reactive ketones (excluding diaryl/α,β-unsaturated/α-hetero) is 1. The van der Waals surface area contributed by atoms with Gasteiger partial charge < -0.3 is 5.11 Å². The lowest BCUT2D eigenvalue weighted by atomic mass is 10.0. The van der Waals surface area contributed by atoms with Gasteiger partial charge in [-0.05, 0) is 31.5 Å². The molecule has 0 spiro atoms. The Balaban J connectivity index is 2.19. The van der Waals surface area contributed by atoms with Crippen molar-refractivity contribution in [1.82, 2.24) is 19.6 Å². The fourth-order valence-electron chi connectivity index (χ4n) is 2.87. The molecule has 0 fully saturated rings. The molecule has 2 heterocycles. The number of ketones is 1. The van der Waals surface area contributed by atoms with Gasteiger partial charge in [0.1, 0.15) is 5.69 Å². The maximum Gasteiger partial charge on any atom is 0.186 e. The first kappa shape index (κ1) is 17.4. The summed E-state index contributed by atoms with van der Waals surface area (Å²) >= 11 is 0. The summed E-state index contributed by atoms with van der Waals surface area (Å²) in [5, 5.41) is 19.8. The fraction of sp³-hybridized carbons (Fsp3) is 0.421. The lowest BCUT2D eigenvalue weighted by Gasteiger charge is -2.17. The van der Waals surface area contributed by atoms with Crippen LogP contribution in [0.3, 0.4) is 0 Å². The number of fused-ring (bicyclic) bond motifs is 1. The maximum absolute atomic E-state index is 12.5. The van der Waals surface area contributed by atoms with Crippen LogP contribution in [0.4, 0.5) is 0 Å². The van der Waals surface area contributed by atoms with E-state index in [0.717, 1.165) is 22.0 Å². The summed E-state index contributed by atoms with van der Waals surface area (Å²) in [5.74, 6) is -0.125. The molecule has 2 aromatic heterocycles. The molecular weight excluding hydrogens is 316 g/mol. The predicted molar refractivity (Wildman–Crippen MR) is 97.4 cm³/mol. The molecule has 0 amide bonds. The molecule has 0 aliphatic heterocycles. The summed E-state index contributed by atoms with van der Waals surface area (Å²) < 4.78 is 3.48. The number of nitrogens with zero attached hydrogens (tertiary/aromatic N) is 4. The van der Waals surface area contributed by atoms with E-state index >= 15 is 0 Å². The summed E-state index contributed by atoms with van der Waals surface area (Å²) in [6, 6.07) is 5.91. The molecule has 1 N–H and O–H groups in total. The monoisotopic (exact) mass is 340 g/mol. The highest BCUT2D eigenvalue weighted by Crippen LogP contribution is 2.28. The number of benzene rings is 1. The second-order valence-electron chi connectivity index (χ2n) is 7.47. The molecule has 0 radical (unpaired) electrons. The Morgan fingerprint density at radius 3 is 2.56 bits per heavy atom. The van der Waals surface area contributed by atoms with Gasteiger partial charge in [-0.3, -0.25) is 14.2 Å². The molecule has 1 aromatic carbocycles. The van der Waals surface area contributed by atoms with Gasteiger partial charge in [0.2, 0.25) is 0 Å². The van der Waals surface area contributed by atoms with Crippen LogP contribution in [-0.2, 0) is 13.6 Å². The van der Waals surface area contributed by atoms with E-state index in [4.69, 9.17) is 0 Å². The highest BCUT2D eigenvalue weighted by atomic mass is 16.3. The minimum absolute atomic E-state index is 0.00798. The van der Waals surface area contributed by atoms with Crippen molar-refractivity contribution in [3.8, 4) is 11.1 Å². The number of aliphatic hydroxyl groups is 1. The highest BCUT2D eigenvalue weighted by Gasteiger charge is 2.23. The van der Waals surface area contributed by atoms with Crippen LogP contribution in [0, 0.1) is 5.92 Å². The minimum atomic E-state index is -0.929. The molecule has 132 valence electrons. The normalized spacial score (nSPS) is 12.3. The van der Waals surface area contributed by atoms with Gasteiger partial charge in [0.25, 0.3) is 0 Å². The van der Waals surface area contributed by atoms with Crippen molar-refractivity contribution in [3.05, 3.63) is 36.3 Å². The van der Waals surface area contributed by atoms with Crippen molar-refractivity contribution in [2.75, 3.05) is 0 Å². The summed E-state index contributed by atoms with van der Waals surface area (Å²) in [6.45, 7) is 7.51. The van der Waals surface area contributed by atoms with Crippen molar-refractivity contribution in [3.63, 3.8) is 0 Å². The van der Waals surface area contributed by atoms with Gasteiger partial charge in [-0.1, -0.05) is 19.9 Å². The van der Waals surface area contributed by atoms with Crippen LogP contribution < -0.4 is 0 Å². The van der Waals surface area contributed by atoms with Crippen LogP contribution in [-0.4, -0.2) is 36.1 Å². The van der Waals surface area contributed by atoms with Gasteiger partial charge in [-0.25, -0.2) is 0 Å². The Kier molecular flexibility index (Phi) is 4.24. The van der Waals surface area contributed by atoms with Crippen molar-refractivity contribution in [2.45, 2.75) is 39.8 Å². The number of rotatable bonds is 5. The zero-order valence-electron chi connectivity index (χ0n) is 15.3. The molecule has 0 saturated carbocycles. The van der Waals surface area contributed by atoms with Crippen LogP contribution >= 0.6 is 0 Å². The van der Waals surface area contributed by atoms with Crippen molar-refractivity contribution >= 4 is 16.7 Å². The van der Waals surface area contributed by atoms with Gasteiger partial charge in [0.15, 0.2) is 5.78 Å². The third kappa shape index (κ3) is 3.49. The largest absolute Gasteiger partial charge is 0.389 e. The van der Waals surface area contributed by atoms with Crippen molar-refractivity contribution < 1.29 is 9.90 Å². The van der Waals surface area contributed by atoms with Crippen LogP contribution in [0.15, 0.2) is 30.6 Å². The standard InChI is InChI=1S/C19H24N4O2/c1-12(2)18(24)17-15-7-6-13(14-9-20-22(5)10-14)8-16(15)23(21-17)11-19(3,4)25/h6-10,12,25H,11H2,1-5H3. The molecule has 0 aliphatic rings. The molecule has 0 aliphatic carbocycles. The molecule has 0 unspecified atom stereocenters. The average molecular weight is 340 g/mol. The van der Waals surface area contributed by atoms with Gasteiger partial charge in [0, 0.05) is 30.1 Å². The molecular formula is C19H24N4O2. The smallest absolute Gasteiger partial charge is 0.186 e. The average Bonchev–Trinajstić information content (AvgIpc) is 3.09. The number of hydrogen-bond donors (Lipinski definition) is 1. The number of hydrogen-bond acceptors (Lipinski definition) is 4. The SMILES string of the molecule is CC(C)C(=O)c1nn(CC(C)(C)O)c2cc(-c3cnn(C)c3)ccc12. The van der Waals surface area contributed by atoms with Crippen LogP contribution in [0.2, 0.25) is 0 Å². The fourth-order valence-corrected chi connectivity index (χ4v) is 2.87. The van der Waals surface area contributed by atoms with Crippen LogP contribution in [0.1, 0.15) is 38.2 Å². The van der Waals surface area contributed by atoms with Gasteiger partial charge in [-0.2, -0.15) is 10.2 Å². The highest BCUT2D eigenvalue weighted by molar-refractivity contribution is 6.07. The van der Waals surface area contributed by atoms with Gasteiger partial charge in [0.05, 0.1) is 23.9 Å². The van der Waals surface area contributed by atoms with Crippen LogP contribution in [0.25, 0.3) is 22.0 Å². The number of carbonyl (C=O) groups excluding carboxylic acids is 1. The van der Waals surface area contributed by atoms with E-state index in [0.29, 0.717) is 12.2 Å². The molecule has 3 aromatic rings. The Morgan fingerprint density at radius 1 is 1.28 bits per heavy atom. The van der Waals surface area contributed by atoms with Gasteiger partial charge >= 0.3 is 0 Å². The maximum atomic E-state index is 12.5. The summed E-state index contributed by atoms with van der Waals surface area (Å²) in [6.07, 6.45) is 3.75. The van der Waals surface area contributed by atoms with E-state index < -0.39 is 5.60 Å². The van der Waals surface area contributed by atoms with Gasteiger partial charge in [-0.15, -0.1) is 0 Å². The van der Waals surface area contributed by atoms with Crippen LogP contribution in [0.5, 0.6) is 0 Å². The summed E-state index contributed by atoms with van der Waals surface area (Å²) in [5.41, 5.74) is 2.37. The lowest BCUT2D eigenvalue weighted by Crippen LogP contribution is -2.26. The van der Waals surface area contributed by atoms with E-state index in [1.54, 1.807) is 29.4 Å². The first-order chi connectivity index (χ1) is 11.7. The molecule has 0 bridgehead atoms. The van der Waals surface area contributed by atoms with Crippen molar-refractivity contribution in [1.29, 1.82) is 0 Å². The van der Waals surface area contributed by atoms with E-state index in [1.807, 2.05) is 45.3 Å². The minimum Gasteiger partial charge on any atom is -0.389 e. The first-order valence-corrected chi connectivity index (χ1v) is 8.42. The second kappa shape index (κ2) is 6.11. The van der Waals surface area contributed by atoms with E-state index in [9.17, 15) is 9.90 Å². The van der Waals surface area contributed by atoms with Crippen molar-refractivity contribution in [2.24, 2.45) is 13.0 Å². The molecule has 0 saturated heterocycles. The Hall–Kier alpha value is -2.47. The molecule has 6 heteroatoms. The first-order valence-electron chi connectivity index (χ1n) is 8.42. The molecule has 25 heavy (non-hydrogen) atoms. The predicted octanol–water partition coefficient (Wildman–Crippen LogP) is 3.05.